The molecule has 0 aromatic rings. The van der Waals surface area contributed by atoms with Crippen molar-refractivity contribution in [3.8, 4) is 0 Å². The molecule has 15 heavy (non-hydrogen) atoms. The third kappa shape index (κ3) is 5.29. The van der Waals surface area contributed by atoms with Gasteiger partial charge in [0.2, 0.25) is 0 Å². The summed E-state index contributed by atoms with van der Waals surface area (Å²) in [6.45, 7) is 3.90. The summed E-state index contributed by atoms with van der Waals surface area (Å²) >= 11 is 4.68. The number of aliphatic carboxylic acids is 2. The highest BCUT2D eigenvalue weighted by Gasteiger charge is 2.33. The highest BCUT2D eigenvalue weighted by atomic mass is 32.2. The van der Waals surface area contributed by atoms with E-state index in [9.17, 15) is 9.59 Å². The van der Waals surface area contributed by atoms with E-state index in [-0.39, 0.29) is 5.44 Å². The molecule has 7 heteroatoms. The van der Waals surface area contributed by atoms with Gasteiger partial charge < -0.3 is 14.9 Å². The Labute approximate surface area is 97.6 Å². The zero-order valence-corrected chi connectivity index (χ0v) is 10.1. The van der Waals surface area contributed by atoms with Gasteiger partial charge in [-0.1, -0.05) is 0 Å². The normalized spacial score (nSPS) is 16.7. The molecule has 0 saturated heterocycles. The van der Waals surface area contributed by atoms with Crippen LogP contribution in [0.25, 0.3) is 0 Å². The monoisotopic (exact) mass is 254 g/mol. The maximum atomic E-state index is 10.8. The Morgan fingerprint density at radius 2 is 1.93 bits per heavy atom. The molecule has 0 radical (unpaired) electrons. The minimum absolute atomic E-state index is 0.370. The van der Waals surface area contributed by atoms with Crippen molar-refractivity contribution in [1.29, 1.82) is 0 Å². The first-order valence-corrected chi connectivity index (χ1v) is 5.76. The van der Waals surface area contributed by atoms with E-state index in [4.69, 9.17) is 14.9 Å². The van der Waals surface area contributed by atoms with E-state index in [2.05, 4.69) is 12.6 Å². The van der Waals surface area contributed by atoms with Gasteiger partial charge in [-0.05, 0) is 13.8 Å². The minimum Gasteiger partial charge on any atom is -0.480 e. The van der Waals surface area contributed by atoms with Crippen molar-refractivity contribution >= 4 is 36.3 Å². The van der Waals surface area contributed by atoms with E-state index in [1.165, 1.54) is 0 Å². The molecular formula is C8H14O5S2. The molecule has 0 saturated carbocycles. The fourth-order valence-electron chi connectivity index (χ4n) is 0.878. The van der Waals surface area contributed by atoms with Crippen molar-refractivity contribution in [3.63, 3.8) is 0 Å². The van der Waals surface area contributed by atoms with Gasteiger partial charge in [0.25, 0.3) is 0 Å². The second-order valence-corrected chi connectivity index (χ2v) is 4.70. The third-order valence-electron chi connectivity index (χ3n) is 1.52. The summed E-state index contributed by atoms with van der Waals surface area (Å²) in [6.07, 6.45) is 0. The van der Waals surface area contributed by atoms with Crippen LogP contribution in [0.2, 0.25) is 0 Å². The molecule has 3 atom stereocenters. The van der Waals surface area contributed by atoms with Gasteiger partial charge in [-0.15, -0.1) is 11.8 Å². The predicted octanol–water partition coefficient (Wildman–Crippen LogP) is 0.938. The zero-order valence-electron chi connectivity index (χ0n) is 8.41. The Morgan fingerprint density at radius 3 is 2.27 bits per heavy atom. The Balaban J connectivity index is 4.40. The largest absolute Gasteiger partial charge is 0.480 e. The molecule has 5 nitrogen and oxygen atoms in total. The Hall–Kier alpha value is -0.400. The van der Waals surface area contributed by atoms with Gasteiger partial charge >= 0.3 is 11.9 Å². The molecule has 88 valence electrons. The van der Waals surface area contributed by atoms with Crippen molar-refractivity contribution in [2.45, 2.75) is 29.8 Å². The summed E-state index contributed by atoms with van der Waals surface area (Å²) in [5, 5.41) is 15.1. The van der Waals surface area contributed by atoms with Crippen LogP contribution in [0.1, 0.15) is 13.8 Å². The smallest absolute Gasteiger partial charge is 0.318 e. The third-order valence-corrected chi connectivity index (χ3v) is 3.53. The average Bonchev–Trinajstić information content (AvgIpc) is 2.13. The Kier molecular flexibility index (Phi) is 6.78. The SMILES string of the molecule is CCOC(C)SC(C(=O)O)C(S)C(=O)O. The van der Waals surface area contributed by atoms with E-state index >= 15 is 0 Å². The van der Waals surface area contributed by atoms with Crippen molar-refractivity contribution in [2.75, 3.05) is 6.61 Å². The summed E-state index contributed by atoms with van der Waals surface area (Å²) in [7, 11) is 0. The van der Waals surface area contributed by atoms with Gasteiger partial charge in [0.15, 0.2) is 0 Å². The van der Waals surface area contributed by atoms with E-state index in [1.807, 2.05) is 0 Å². The molecule has 0 aromatic carbocycles. The van der Waals surface area contributed by atoms with Crippen molar-refractivity contribution in [1.82, 2.24) is 0 Å². The Morgan fingerprint density at radius 1 is 1.40 bits per heavy atom. The summed E-state index contributed by atoms with van der Waals surface area (Å²) in [5.74, 6) is -2.45. The van der Waals surface area contributed by atoms with Crippen LogP contribution in [0.4, 0.5) is 0 Å². The molecule has 3 unspecified atom stereocenters. The van der Waals surface area contributed by atoms with E-state index in [1.54, 1.807) is 13.8 Å². The first-order valence-electron chi connectivity index (χ1n) is 4.30. The lowest BCUT2D eigenvalue weighted by Gasteiger charge is -2.19. The number of hydrogen-bond acceptors (Lipinski definition) is 5. The van der Waals surface area contributed by atoms with E-state index < -0.39 is 22.4 Å². The average molecular weight is 254 g/mol. The molecular weight excluding hydrogens is 240 g/mol. The van der Waals surface area contributed by atoms with Gasteiger partial charge in [0, 0.05) is 6.61 Å². The number of rotatable bonds is 7. The molecule has 0 aliphatic rings. The van der Waals surface area contributed by atoms with Crippen molar-refractivity contribution < 1.29 is 24.5 Å². The number of ether oxygens (including phenoxy) is 1. The van der Waals surface area contributed by atoms with Crippen LogP contribution in [0.3, 0.4) is 0 Å². The molecule has 0 aliphatic heterocycles. The van der Waals surface area contributed by atoms with Crippen LogP contribution in [0.5, 0.6) is 0 Å². The molecule has 0 bridgehead atoms. The maximum Gasteiger partial charge on any atom is 0.318 e. The van der Waals surface area contributed by atoms with Gasteiger partial charge in [0.1, 0.15) is 15.9 Å². The molecule has 2 N–H and O–H groups in total. The van der Waals surface area contributed by atoms with E-state index in [0.29, 0.717) is 6.61 Å². The quantitative estimate of drug-likeness (QED) is 0.463. The first kappa shape index (κ1) is 14.6. The van der Waals surface area contributed by atoms with Crippen LogP contribution in [-0.2, 0) is 14.3 Å². The summed E-state index contributed by atoms with van der Waals surface area (Å²) in [6, 6.07) is 0. The summed E-state index contributed by atoms with van der Waals surface area (Å²) in [5.41, 5.74) is -0.370. The number of carbonyl (C=O) groups is 2. The first-order chi connectivity index (χ1) is 6.90. The molecule has 0 spiro atoms. The Bertz CT molecular complexity index is 233. The van der Waals surface area contributed by atoms with Gasteiger partial charge in [-0.3, -0.25) is 9.59 Å². The lowest BCUT2D eigenvalue weighted by atomic mass is 10.3. The molecule has 0 rings (SSSR count). The second kappa shape index (κ2) is 6.97. The highest BCUT2D eigenvalue weighted by molar-refractivity contribution is 8.01. The lowest BCUT2D eigenvalue weighted by Crippen LogP contribution is -2.35. The molecule has 0 heterocycles. The summed E-state index contributed by atoms with van der Waals surface area (Å²) < 4.78 is 5.13. The number of carboxylic acid groups (broad SMARTS) is 2. The molecule has 0 aromatic heterocycles. The van der Waals surface area contributed by atoms with Crippen molar-refractivity contribution in [2.24, 2.45) is 0 Å². The van der Waals surface area contributed by atoms with Crippen LogP contribution in [-0.4, -0.2) is 44.7 Å². The minimum atomic E-state index is -1.25. The fraction of sp³-hybridized carbons (Fsp3) is 0.750. The lowest BCUT2D eigenvalue weighted by molar-refractivity contribution is -0.142. The predicted molar refractivity (Wildman–Crippen MR) is 60.5 cm³/mol. The fourth-order valence-corrected chi connectivity index (χ4v) is 2.23. The van der Waals surface area contributed by atoms with Crippen LogP contribution in [0, 0.1) is 0 Å². The zero-order chi connectivity index (χ0) is 12.0. The molecule has 0 aliphatic carbocycles. The van der Waals surface area contributed by atoms with E-state index in [0.717, 1.165) is 11.8 Å². The standard InChI is InChI=1S/C8H14O5S2/c1-3-13-4(2)15-6(8(11)12)5(14)7(9)10/h4-6,14H,3H2,1-2H3,(H,9,10)(H,11,12). The van der Waals surface area contributed by atoms with Gasteiger partial charge in [-0.25, -0.2) is 0 Å². The number of thioether (sulfide) groups is 1. The topological polar surface area (TPSA) is 83.8 Å². The van der Waals surface area contributed by atoms with Gasteiger partial charge in [-0.2, -0.15) is 12.6 Å². The highest BCUT2D eigenvalue weighted by Crippen LogP contribution is 2.24. The van der Waals surface area contributed by atoms with Crippen molar-refractivity contribution in [3.05, 3.63) is 0 Å². The van der Waals surface area contributed by atoms with Gasteiger partial charge in [0.05, 0.1) is 0 Å². The summed E-state index contributed by atoms with van der Waals surface area (Å²) in [4.78, 5) is 21.4. The molecule has 0 amide bonds. The number of carboxylic acids is 2. The van der Waals surface area contributed by atoms with Crippen LogP contribution in [0.15, 0.2) is 0 Å². The maximum absolute atomic E-state index is 10.8. The molecule has 0 fully saturated rings. The van der Waals surface area contributed by atoms with Crippen LogP contribution >= 0.6 is 24.4 Å². The number of hydrogen-bond donors (Lipinski definition) is 3. The number of thiol groups is 1. The second-order valence-electron chi connectivity index (χ2n) is 2.70. The van der Waals surface area contributed by atoms with Crippen LogP contribution < -0.4 is 0 Å².